The summed E-state index contributed by atoms with van der Waals surface area (Å²) >= 11 is 0. The fourth-order valence-corrected chi connectivity index (χ4v) is 8.48. The highest BCUT2D eigenvalue weighted by Gasteiger charge is 2.80. The lowest BCUT2D eigenvalue weighted by Gasteiger charge is -2.39. The molecule has 3 heterocycles. The van der Waals surface area contributed by atoms with Gasteiger partial charge >= 0.3 is 0 Å². The van der Waals surface area contributed by atoms with Crippen LogP contribution in [0.2, 0.25) is 0 Å². The molecule has 0 radical (unpaired) electrons. The third kappa shape index (κ3) is 6.43. The van der Waals surface area contributed by atoms with Crippen LogP contribution >= 0.6 is 0 Å². The third-order valence-corrected chi connectivity index (χ3v) is 10.9. The van der Waals surface area contributed by atoms with E-state index in [4.69, 9.17) is 9.47 Å². The molecule has 264 valence electrons. The van der Waals surface area contributed by atoms with E-state index in [1.54, 1.807) is 26.9 Å². The number of rotatable bonds is 16. The van der Waals surface area contributed by atoms with Crippen LogP contribution in [0.1, 0.15) is 64.0 Å². The Bertz CT molecular complexity index is 1560. The fourth-order valence-electron chi connectivity index (χ4n) is 8.48. The zero-order valence-corrected chi connectivity index (χ0v) is 29.8. The number of ether oxygens (including phenoxy) is 2. The molecule has 0 aromatic heterocycles. The van der Waals surface area contributed by atoms with E-state index < -0.39 is 29.1 Å². The van der Waals surface area contributed by atoms with Crippen LogP contribution in [0, 0.1) is 31.6 Å². The lowest BCUT2D eigenvalue weighted by molar-refractivity contribution is -0.145. The number of carbonyl (C=O) groups is 3. The molecule has 0 aliphatic carbocycles. The molecule has 2 bridgehead atoms. The maximum absolute atomic E-state index is 15.1. The van der Waals surface area contributed by atoms with Crippen molar-refractivity contribution in [2.24, 2.45) is 17.8 Å². The molecule has 3 aliphatic rings. The van der Waals surface area contributed by atoms with Crippen molar-refractivity contribution >= 4 is 29.1 Å². The molecule has 2 aromatic rings. The molecule has 6 atom stereocenters. The third-order valence-electron chi connectivity index (χ3n) is 10.9. The zero-order chi connectivity index (χ0) is 35.5. The molecule has 5 rings (SSSR count). The summed E-state index contributed by atoms with van der Waals surface area (Å²) < 4.78 is 12.7. The Morgan fingerprint density at radius 3 is 2.35 bits per heavy atom. The normalized spacial score (nSPS) is 26.8. The van der Waals surface area contributed by atoms with Crippen molar-refractivity contribution in [3.63, 3.8) is 0 Å². The summed E-state index contributed by atoms with van der Waals surface area (Å²) in [6, 6.07) is 12.5. The summed E-state index contributed by atoms with van der Waals surface area (Å²) in [6.07, 6.45) is 6.86. The number of anilines is 2. The molecule has 2 aromatic carbocycles. The molecule has 3 amide bonds. The van der Waals surface area contributed by atoms with Crippen LogP contribution < -0.4 is 14.5 Å². The first-order chi connectivity index (χ1) is 23.5. The molecule has 1 N–H and O–H groups in total. The number of aliphatic hydroxyl groups is 1. The Morgan fingerprint density at radius 2 is 1.69 bits per heavy atom. The molecule has 3 saturated heterocycles. The van der Waals surface area contributed by atoms with Gasteiger partial charge in [-0.05, 0) is 94.3 Å². The maximum Gasteiger partial charge on any atom is 0.253 e. The average Bonchev–Trinajstić information content (AvgIpc) is 3.59. The van der Waals surface area contributed by atoms with Gasteiger partial charge in [0.05, 0.1) is 24.0 Å². The van der Waals surface area contributed by atoms with Crippen LogP contribution in [-0.4, -0.2) is 77.8 Å². The largest absolute Gasteiger partial charge is 0.494 e. The van der Waals surface area contributed by atoms with Gasteiger partial charge in [0.25, 0.3) is 5.91 Å². The summed E-state index contributed by atoms with van der Waals surface area (Å²) in [4.78, 5) is 49.9. The number of aryl methyl sites for hydroxylation is 2. The Morgan fingerprint density at radius 1 is 1.02 bits per heavy atom. The molecule has 9 heteroatoms. The summed E-state index contributed by atoms with van der Waals surface area (Å²) in [6.45, 7) is 19.3. The summed E-state index contributed by atoms with van der Waals surface area (Å²) in [7, 11) is 0. The molecule has 3 fully saturated rings. The minimum Gasteiger partial charge on any atom is -0.494 e. The number of unbranched alkanes of at least 4 members (excludes halogenated alkanes) is 3. The van der Waals surface area contributed by atoms with Crippen molar-refractivity contribution in [1.29, 1.82) is 0 Å². The quantitative estimate of drug-likeness (QED) is 0.174. The molecule has 0 saturated carbocycles. The van der Waals surface area contributed by atoms with Crippen LogP contribution in [0.15, 0.2) is 67.8 Å². The van der Waals surface area contributed by atoms with E-state index in [0.717, 1.165) is 29.7 Å². The zero-order valence-electron chi connectivity index (χ0n) is 29.8. The van der Waals surface area contributed by atoms with Gasteiger partial charge < -0.3 is 29.3 Å². The highest BCUT2D eigenvalue weighted by Crippen LogP contribution is 2.65. The van der Waals surface area contributed by atoms with E-state index in [1.165, 1.54) is 0 Å². The van der Waals surface area contributed by atoms with Gasteiger partial charge in [0.15, 0.2) is 0 Å². The Balaban J connectivity index is 1.59. The van der Waals surface area contributed by atoms with Gasteiger partial charge in [0, 0.05) is 37.6 Å². The van der Waals surface area contributed by atoms with Crippen LogP contribution in [0.25, 0.3) is 0 Å². The predicted molar refractivity (Wildman–Crippen MR) is 193 cm³/mol. The van der Waals surface area contributed by atoms with Crippen molar-refractivity contribution in [2.45, 2.75) is 84.0 Å². The van der Waals surface area contributed by atoms with E-state index in [0.29, 0.717) is 43.9 Å². The first-order valence-electron chi connectivity index (χ1n) is 17.7. The topological polar surface area (TPSA) is 99.6 Å². The first kappa shape index (κ1) is 36.3. The molecule has 3 aliphatic heterocycles. The van der Waals surface area contributed by atoms with E-state index in [-0.39, 0.29) is 43.3 Å². The molecule has 1 spiro atoms. The molecular formula is C40H53N3O6. The van der Waals surface area contributed by atoms with Crippen molar-refractivity contribution in [3.05, 3.63) is 78.9 Å². The Kier molecular flexibility index (Phi) is 11.0. The number of fused-ring (bicyclic) bond motifs is 1. The van der Waals surface area contributed by atoms with Crippen molar-refractivity contribution in [1.82, 2.24) is 4.90 Å². The van der Waals surface area contributed by atoms with Gasteiger partial charge in [-0.1, -0.05) is 44.1 Å². The monoisotopic (exact) mass is 671 g/mol. The highest BCUT2D eigenvalue weighted by atomic mass is 16.5. The molecule has 49 heavy (non-hydrogen) atoms. The molecule has 9 nitrogen and oxygen atoms in total. The van der Waals surface area contributed by atoms with E-state index in [2.05, 4.69) is 20.1 Å². The average molecular weight is 672 g/mol. The van der Waals surface area contributed by atoms with Crippen LogP contribution in [0.5, 0.6) is 5.75 Å². The number of likely N-dealkylation sites (tertiary alicyclic amines) is 1. The lowest BCUT2D eigenvalue weighted by atomic mass is 9.62. The van der Waals surface area contributed by atoms with Gasteiger partial charge in [-0.2, -0.15) is 0 Å². The lowest BCUT2D eigenvalue weighted by Crippen LogP contribution is -2.57. The van der Waals surface area contributed by atoms with Crippen LogP contribution in [0.3, 0.4) is 0 Å². The van der Waals surface area contributed by atoms with Gasteiger partial charge in [-0.3, -0.25) is 14.4 Å². The SMILES string of the molecule is C=CCN(C(=O)[C@H]1[C@H]2C(=O)N(CCCCCCO)C(C(=O)N(CC=C)c3cc(C)ccc3C)C23CC(C)[C@]1(C)O3)c1ccc(OCC)cc1. The summed E-state index contributed by atoms with van der Waals surface area (Å²) in [5, 5.41) is 9.32. The number of nitrogens with zero attached hydrogens (tertiary/aromatic N) is 3. The number of hydrogen-bond donors (Lipinski definition) is 1. The first-order valence-corrected chi connectivity index (χ1v) is 17.7. The van der Waals surface area contributed by atoms with E-state index in [1.807, 2.05) is 70.2 Å². The van der Waals surface area contributed by atoms with E-state index >= 15 is 4.79 Å². The minimum absolute atomic E-state index is 0.0928. The van der Waals surface area contributed by atoms with Crippen LogP contribution in [-0.2, 0) is 19.1 Å². The smallest absolute Gasteiger partial charge is 0.253 e. The number of aliphatic hydroxyl groups excluding tert-OH is 1. The predicted octanol–water partition coefficient (Wildman–Crippen LogP) is 6.00. The summed E-state index contributed by atoms with van der Waals surface area (Å²) in [5.41, 5.74) is 1.26. The van der Waals surface area contributed by atoms with Gasteiger partial charge in [-0.15, -0.1) is 13.2 Å². The van der Waals surface area contributed by atoms with Crippen molar-refractivity contribution in [2.75, 3.05) is 42.6 Å². The molecule has 3 unspecified atom stereocenters. The second-order valence-electron chi connectivity index (χ2n) is 14.1. The van der Waals surface area contributed by atoms with Gasteiger partial charge in [0.2, 0.25) is 11.8 Å². The van der Waals surface area contributed by atoms with E-state index in [9.17, 15) is 14.7 Å². The highest BCUT2D eigenvalue weighted by molar-refractivity contribution is 6.07. The molecular weight excluding hydrogens is 618 g/mol. The number of amides is 3. The number of hydrogen-bond acceptors (Lipinski definition) is 6. The van der Waals surface area contributed by atoms with Gasteiger partial charge in [0.1, 0.15) is 17.4 Å². The van der Waals surface area contributed by atoms with Crippen LogP contribution in [0.4, 0.5) is 11.4 Å². The standard InChI is InChI=1S/C40H53N3O6/c1-8-21-41(30-17-19-31(20-18-30)48-10-3)36(45)33-34-37(46)43(23-13-11-12-14-24-44)35(40(34)26-29(6)39(33,7)49-40)38(47)42(22-9-2)32-25-27(4)15-16-28(32)5/h8-9,15-20,25,29,33-35,44H,1-2,10-14,21-24,26H2,3-7H3/t29?,33-,34+,35?,39+,40?/m1/s1. The minimum atomic E-state index is -1.18. The Labute approximate surface area is 291 Å². The van der Waals surface area contributed by atoms with Crippen molar-refractivity contribution < 1.29 is 29.0 Å². The van der Waals surface area contributed by atoms with Gasteiger partial charge in [-0.25, -0.2) is 0 Å². The second kappa shape index (κ2) is 14.9. The summed E-state index contributed by atoms with van der Waals surface area (Å²) in [5.74, 6) is -1.67. The van der Waals surface area contributed by atoms with Crippen molar-refractivity contribution in [3.8, 4) is 5.75 Å². The second-order valence-corrected chi connectivity index (χ2v) is 14.1. The number of benzene rings is 2. The Hall–Kier alpha value is -3.95. The fraction of sp³-hybridized carbons (Fsp3) is 0.525. The maximum atomic E-state index is 15.1. The number of carbonyl (C=O) groups excluding carboxylic acids is 3.